The summed E-state index contributed by atoms with van der Waals surface area (Å²) in [7, 11) is 0. The van der Waals surface area contributed by atoms with Gasteiger partial charge >= 0.3 is 0 Å². The molecule has 2 heterocycles. The summed E-state index contributed by atoms with van der Waals surface area (Å²) in [4.78, 5) is 16.4. The number of hydrogen-bond donors (Lipinski definition) is 0. The lowest BCUT2D eigenvalue weighted by atomic mass is 10.0. The van der Waals surface area contributed by atoms with E-state index in [4.69, 9.17) is 5.26 Å². The van der Waals surface area contributed by atoms with Crippen LogP contribution < -0.4 is 4.90 Å². The number of amides is 1. The first-order chi connectivity index (χ1) is 13.2. The Labute approximate surface area is 157 Å². The summed E-state index contributed by atoms with van der Waals surface area (Å²) in [6.45, 7) is 2.38. The van der Waals surface area contributed by atoms with Gasteiger partial charge in [-0.05, 0) is 42.0 Å². The maximum Gasteiger partial charge on any atom is 0.227 e. The highest BCUT2D eigenvalue weighted by Crippen LogP contribution is 2.41. The van der Waals surface area contributed by atoms with E-state index in [0.29, 0.717) is 37.8 Å². The molecule has 0 unspecified atom stereocenters. The predicted octanol–water partition coefficient (Wildman–Crippen LogP) is 2.26. The van der Waals surface area contributed by atoms with Gasteiger partial charge in [-0.25, -0.2) is 4.39 Å². The lowest BCUT2D eigenvalue weighted by Gasteiger charge is -2.36. The lowest BCUT2D eigenvalue weighted by molar-refractivity contribution is -0.130. The second kappa shape index (κ2) is 7.31. The van der Waals surface area contributed by atoms with Crippen LogP contribution in [0, 0.1) is 17.1 Å². The summed E-state index contributed by atoms with van der Waals surface area (Å²) < 4.78 is 14.2. The van der Waals surface area contributed by atoms with Crippen LogP contribution in [0.3, 0.4) is 0 Å². The van der Waals surface area contributed by atoms with Gasteiger partial charge in [-0.1, -0.05) is 12.1 Å². The number of aromatic nitrogens is 2. The summed E-state index contributed by atoms with van der Waals surface area (Å²) in [5, 5.41) is 16.7. The molecule has 6 nitrogen and oxygen atoms in total. The highest BCUT2D eigenvalue weighted by molar-refractivity contribution is 5.79. The Hall–Kier alpha value is -3.01. The Morgan fingerprint density at radius 2 is 2.00 bits per heavy atom. The zero-order chi connectivity index (χ0) is 18.8. The number of benzene rings is 1. The summed E-state index contributed by atoms with van der Waals surface area (Å²) in [5.41, 5.74) is 2.54. The Kier molecular flexibility index (Phi) is 4.71. The molecule has 0 N–H and O–H groups in total. The fourth-order valence-corrected chi connectivity index (χ4v) is 3.55. The third-order valence-corrected chi connectivity index (χ3v) is 5.22. The number of carbonyl (C=O) groups is 1. The molecule has 0 atom stereocenters. The van der Waals surface area contributed by atoms with E-state index in [0.717, 1.165) is 29.7 Å². The molecule has 0 bridgehead atoms. The zero-order valence-corrected chi connectivity index (χ0v) is 14.9. The number of nitrogens with zero attached hydrogens (tertiary/aromatic N) is 5. The van der Waals surface area contributed by atoms with Crippen LogP contribution in [0.2, 0.25) is 0 Å². The molecule has 1 aromatic heterocycles. The van der Waals surface area contributed by atoms with Crippen molar-refractivity contribution in [2.75, 3.05) is 31.1 Å². The second-order valence-electron chi connectivity index (χ2n) is 7.05. The smallest absolute Gasteiger partial charge is 0.227 e. The van der Waals surface area contributed by atoms with E-state index >= 15 is 0 Å². The van der Waals surface area contributed by atoms with Crippen molar-refractivity contribution in [3.63, 3.8) is 0 Å². The monoisotopic (exact) mass is 365 g/mol. The summed E-state index contributed by atoms with van der Waals surface area (Å²) in [5.74, 6) is 0.173. The molecule has 1 aliphatic heterocycles. The molecule has 27 heavy (non-hydrogen) atoms. The van der Waals surface area contributed by atoms with Gasteiger partial charge in [0.2, 0.25) is 5.91 Å². The van der Waals surface area contributed by atoms with Crippen LogP contribution in [0.1, 0.15) is 35.6 Å². The maximum absolute atomic E-state index is 14.2. The van der Waals surface area contributed by atoms with E-state index < -0.39 is 0 Å². The van der Waals surface area contributed by atoms with Crippen molar-refractivity contribution in [3.05, 3.63) is 53.1 Å². The first kappa shape index (κ1) is 17.4. The molecule has 1 amide bonds. The summed E-state index contributed by atoms with van der Waals surface area (Å²) >= 11 is 0. The molecule has 2 fully saturated rings. The van der Waals surface area contributed by atoms with Gasteiger partial charge in [0.05, 0.1) is 18.3 Å². The normalized spacial score (nSPS) is 16.9. The van der Waals surface area contributed by atoms with Crippen LogP contribution in [0.4, 0.5) is 10.1 Å². The molecular weight excluding hydrogens is 345 g/mol. The van der Waals surface area contributed by atoms with Crippen LogP contribution >= 0.6 is 0 Å². The van der Waals surface area contributed by atoms with Crippen LogP contribution in [0.15, 0.2) is 30.5 Å². The van der Waals surface area contributed by atoms with Crippen molar-refractivity contribution in [2.24, 2.45) is 0 Å². The van der Waals surface area contributed by atoms with Crippen molar-refractivity contribution in [1.29, 1.82) is 5.26 Å². The van der Waals surface area contributed by atoms with Gasteiger partial charge in [-0.15, -0.1) is 5.10 Å². The molecule has 1 aromatic carbocycles. The standard InChI is InChI=1S/C20H20FN5O/c21-17-11-14(1-4-16(17)15-2-3-15)12-20(27)26-9-7-25(8-10-26)19-5-6-23-24-18(19)13-22/h1,4-6,11,15H,2-3,7-10,12H2. The van der Waals surface area contributed by atoms with E-state index in [9.17, 15) is 9.18 Å². The zero-order valence-electron chi connectivity index (χ0n) is 14.9. The average molecular weight is 365 g/mol. The molecule has 4 rings (SSSR count). The number of halogens is 1. The molecule has 2 aromatic rings. The first-order valence-corrected chi connectivity index (χ1v) is 9.18. The van der Waals surface area contributed by atoms with Crippen LogP contribution in [0.25, 0.3) is 0 Å². The van der Waals surface area contributed by atoms with Gasteiger partial charge in [0.25, 0.3) is 0 Å². The first-order valence-electron chi connectivity index (χ1n) is 9.18. The average Bonchev–Trinajstić information content (AvgIpc) is 3.53. The van der Waals surface area contributed by atoms with Crippen molar-refractivity contribution in [2.45, 2.75) is 25.2 Å². The molecule has 1 saturated carbocycles. The summed E-state index contributed by atoms with van der Waals surface area (Å²) in [6, 6.07) is 9.02. The quantitative estimate of drug-likeness (QED) is 0.831. The SMILES string of the molecule is N#Cc1nnccc1N1CCN(C(=O)Cc2ccc(C3CC3)c(F)c2)CC1. The number of nitriles is 1. The highest BCUT2D eigenvalue weighted by Gasteiger charge is 2.27. The van der Waals surface area contributed by atoms with E-state index in [-0.39, 0.29) is 18.1 Å². The van der Waals surface area contributed by atoms with E-state index in [1.807, 2.05) is 17.0 Å². The van der Waals surface area contributed by atoms with Crippen LogP contribution in [0.5, 0.6) is 0 Å². The number of carbonyl (C=O) groups excluding carboxylic acids is 1. The third-order valence-electron chi connectivity index (χ3n) is 5.22. The van der Waals surface area contributed by atoms with Crippen molar-refractivity contribution in [3.8, 4) is 6.07 Å². The largest absolute Gasteiger partial charge is 0.366 e. The van der Waals surface area contributed by atoms with Gasteiger partial charge in [-0.3, -0.25) is 4.79 Å². The molecule has 2 aliphatic rings. The number of rotatable bonds is 4. The van der Waals surface area contributed by atoms with Crippen LogP contribution in [-0.4, -0.2) is 47.2 Å². The van der Waals surface area contributed by atoms with Gasteiger partial charge < -0.3 is 9.80 Å². The molecule has 1 saturated heterocycles. The van der Waals surface area contributed by atoms with Gasteiger partial charge in [-0.2, -0.15) is 10.4 Å². The minimum absolute atomic E-state index is 0.00146. The van der Waals surface area contributed by atoms with E-state index in [1.54, 1.807) is 17.2 Å². The van der Waals surface area contributed by atoms with Gasteiger partial charge in [0, 0.05) is 26.2 Å². The fourth-order valence-electron chi connectivity index (χ4n) is 3.55. The second-order valence-corrected chi connectivity index (χ2v) is 7.05. The van der Waals surface area contributed by atoms with Crippen molar-refractivity contribution < 1.29 is 9.18 Å². The molecule has 138 valence electrons. The Morgan fingerprint density at radius 1 is 1.22 bits per heavy atom. The Bertz CT molecular complexity index is 897. The lowest BCUT2D eigenvalue weighted by Crippen LogP contribution is -2.49. The third kappa shape index (κ3) is 3.75. The molecule has 1 aliphatic carbocycles. The number of anilines is 1. The molecule has 7 heteroatoms. The minimum atomic E-state index is -0.193. The van der Waals surface area contributed by atoms with Crippen molar-refractivity contribution in [1.82, 2.24) is 15.1 Å². The Balaban J connectivity index is 1.36. The number of hydrogen-bond acceptors (Lipinski definition) is 5. The van der Waals surface area contributed by atoms with E-state index in [2.05, 4.69) is 16.3 Å². The van der Waals surface area contributed by atoms with Crippen molar-refractivity contribution >= 4 is 11.6 Å². The maximum atomic E-state index is 14.2. The number of piperazine rings is 1. The molecule has 0 radical (unpaired) electrons. The predicted molar refractivity (Wildman–Crippen MR) is 97.6 cm³/mol. The Morgan fingerprint density at radius 3 is 2.67 bits per heavy atom. The minimum Gasteiger partial charge on any atom is -0.366 e. The van der Waals surface area contributed by atoms with Crippen LogP contribution in [-0.2, 0) is 11.2 Å². The molecule has 0 spiro atoms. The van der Waals surface area contributed by atoms with Gasteiger partial charge in [0.1, 0.15) is 11.9 Å². The topological polar surface area (TPSA) is 73.1 Å². The fraction of sp³-hybridized carbons (Fsp3) is 0.400. The summed E-state index contributed by atoms with van der Waals surface area (Å²) in [6.07, 6.45) is 3.88. The van der Waals surface area contributed by atoms with Gasteiger partial charge in [0.15, 0.2) is 5.69 Å². The highest BCUT2D eigenvalue weighted by atomic mass is 19.1. The van der Waals surface area contributed by atoms with E-state index in [1.165, 1.54) is 6.07 Å². The molecular formula is C20H20FN5O.